The van der Waals surface area contributed by atoms with Gasteiger partial charge >= 0.3 is 0 Å². The maximum atomic E-state index is 12.6. The van der Waals surface area contributed by atoms with E-state index in [1.165, 1.54) is 0 Å². The molecule has 2 fully saturated rings. The first-order valence-electron chi connectivity index (χ1n) is 7.98. The number of likely N-dealkylation sites (tertiary alicyclic amines) is 2. The molecule has 2 aliphatic heterocycles. The second-order valence-electron chi connectivity index (χ2n) is 6.64. The number of aryl methyl sites for hydroxylation is 1. The van der Waals surface area contributed by atoms with Crippen LogP contribution in [0.4, 0.5) is 0 Å². The molecule has 2 saturated heterocycles. The molecular formula is C16H25N3OS. The fourth-order valence-electron chi connectivity index (χ4n) is 3.63. The van der Waals surface area contributed by atoms with E-state index in [1.54, 1.807) is 11.3 Å². The first-order valence-corrected chi connectivity index (χ1v) is 8.86. The molecule has 1 spiro atoms. The molecule has 0 saturated carbocycles. The maximum absolute atomic E-state index is 12.6. The van der Waals surface area contributed by atoms with Crippen LogP contribution in [0.2, 0.25) is 0 Å². The Morgan fingerprint density at radius 1 is 1.48 bits per heavy atom. The Bertz CT molecular complexity index is 529. The van der Waals surface area contributed by atoms with Crippen molar-refractivity contribution < 1.29 is 4.79 Å². The lowest BCUT2D eigenvalue weighted by Gasteiger charge is -2.55. The number of hydrogen-bond donors (Lipinski definition) is 0. The number of carbonyl (C=O) groups excluding carboxylic acids is 1. The number of amides is 1. The van der Waals surface area contributed by atoms with E-state index in [4.69, 9.17) is 0 Å². The Kier molecular flexibility index (Phi) is 4.06. The molecule has 0 N–H and O–H groups in total. The van der Waals surface area contributed by atoms with E-state index in [-0.39, 0.29) is 5.41 Å². The van der Waals surface area contributed by atoms with Gasteiger partial charge in [-0.2, -0.15) is 0 Å². The number of thiazole rings is 1. The number of piperidine rings is 1. The fourth-order valence-corrected chi connectivity index (χ4v) is 4.23. The summed E-state index contributed by atoms with van der Waals surface area (Å²) in [5, 5.41) is 3.27. The highest BCUT2D eigenvalue weighted by atomic mass is 32.1. The average molecular weight is 307 g/mol. The smallest absolute Gasteiger partial charge is 0.232 e. The van der Waals surface area contributed by atoms with Crippen molar-refractivity contribution >= 4 is 17.2 Å². The van der Waals surface area contributed by atoms with Crippen molar-refractivity contribution in [3.63, 3.8) is 0 Å². The zero-order chi connectivity index (χ0) is 15.0. The number of rotatable bonds is 4. The van der Waals surface area contributed by atoms with Gasteiger partial charge in [0.25, 0.3) is 0 Å². The predicted octanol–water partition coefficient (Wildman–Crippen LogP) is 2.67. The molecule has 1 aromatic rings. The van der Waals surface area contributed by atoms with Crippen LogP contribution in [0.1, 0.15) is 43.8 Å². The monoisotopic (exact) mass is 307 g/mol. The highest BCUT2D eigenvalue weighted by Gasteiger charge is 2.54. The van der Waals surface area contributed by atoms with Crippen LogP contribution in [0.15, 0.2) is 5.38 Å². The molecule has 0 aliphatic carbocycles. The Balaban J connectivity index is 1.63. The van der Waals surface area contributed by atoms with Crippen LogP contribution < -0.4 is 0 Å². The minimum absolute atomic E-state index is 0.0905. The van der Waals surface area contributed by atoms with Gasteiger partial charge < -0.3 is 4.90 Å². The molecule has 5 heteroatoms. The summed E-state index contributed by atoms with van der Waals surface area (Å²) < 4.78 is 0. The summed E-state index contributed by atoms with van der Waals surface area (Å²) >= 11 is 1.71. The zero-order valence-electron chi connectivity index (χ0n) is 13.3. The fraction of sp³-hybridized carbons (Fsp3) is 0.750. The van der Waals surface area contributed by atoms with Crippen LogP contribution >= 0.6 is 11.3 Å². The molecule has 3 rings (SSSR count). The molecule has 2 unspecified atom stereocenters. The molecule has 4 nitrogen and oxygen atoms in total. The van der Waals surface area contributed by atoms with E-state index in [2.05, 4.69) is 34.0 Å². The summed E-state index contributed by atoms with van der Waals surface area (Å²) in [6, 6.07) is 0.389. The van der Waals surface area contributed by atoms with Gasteiger partial charge in [0.1, 0.15) is 0 Å². The molecule has 0 bridgehead atoms. The molecule has 1 amide bonds. The minimum atomic E-state index is -0.0905. The number of aromatic nitrogens is 1. The number of hydrogen-bond acceptors (Lipinski definition) is 4. The Morgan fingerprint density at radius 3 is 2.90 bits per heavy atom. The van der Waals surface area contributed by atoms with Gasteiger partial charge in [-0.3, -0.25) is 9.69 Å². The van der Waals surface area contributed by atoms with E-state index in [0.29, 0.717) is 11.9 Å². The highest BCUT2D eigenvalue weighted by molar-refractivity contribution is 7.09. The molecule has 0 radical (unpaired) electrons. The second-order valence-corrected chi connectivity index (χ2v) is 7.70. The standard InChI is InChI=1S/C16H25N3OS/c1-4-12(2)19-11-16(15(19)20)6-5-7-18(10-16)8-14-9-21-13(3)17-14/h9,12H,4-8,10-11H2,1-3H3. The molecule has 1 aromatic heterocycles. The van der Waals surface area contributed by atoms with Crippen molar-refractivity contribution in [3.8, 4) is 0 Å². The average Bonchev–Trinajstić information content (AvgIpc) is 2.89. The van der Waals surface area contributed by atoms with Crippen molar-refractivity contribution in [2.75, 3.05) is 19.6 Å². The molecule has 3 heterocycles. The lowest BCUT2D eigenvalue weighted by molar-refractivity contribution is -0.170. The van der Waals surface area contributed by atoms with E-state index in [9.17, 15) is 4.79 Å². The summed E-state index contributed by atoms with van der Waals surface area (Å²) in [6.07, 6.45) is 3.23. The van der Waals surface area contributed by atoms with Crippen LogP contribution in [0.3, 0.4) is 0 Å². The van der Waals surface area contributed by atoms with Gasteiger partial charge in [0.15, 0.2) is 0 Å². The van der Waals surface area contributed by atoms with Crippen molar-refractivity contribution in [2.24, 2.45) is 5.41 Å². The first-order chi connectivity index (χ1) is 10.0. The van der Waals surface area contributed by atoms with Crippen molar-refractivity contribution in [1.29, 1.82) is 0 Å². The van der Waals surface area contributed by atoms with E-state index in [0.717, 1.165) is 56.1 Å². The van der Waals surface area contributed by atoms with E-state index < -0.39 is 0 Å². The third-order valence-electron chi connectivity index (χ3n) is 5.02. The van der Waals surface area contributed by atoms with Crippen LogP contribution in [-0.4, -0.2) is 46.4 Å². The lowest BCUT2D eigenvalue weighted by atomic mass is 9.71. The Morgan fingerprint density at radius 2 is 2.29 bits per heavy atom. The number of β-lactam (4-membered cyclic amide) rings is 1. The van der Waals surface area contributed by atoms with Gasteiger partial charge in [-0.15, -0.1) is 11.3 Å². The zero-order valence-corrected chi connectivity index (χ0v) is 14.1. The summed E-state index contributed by atoms with van der Waals surface area (Å²) in [7, 11) is 0. The third-order valence-corrected chi connectivity index (χ3v) is 5.84. The SMILES string of the molecule is CCC(C)N1CC2(CCCN(Cc3csc(C)n3)C2)C1=O. The van der Waals surface area contributed by atoms with Crippen LogP contribution in [0, 0.1) is 12.3 Å². The van der Waals surface area contributed by atoms with Crippen molar-refractivity contribution in [1.82, 2.24) is 14.8 Å². The molecule has 0 aromatic carbocycles. The van der Waals surface area contributed by atoms with E-state index >= 15 is 0 Å². The lowest BCUT2D eigenvalue weighted by Crippen LogP contribution is -2.68. The normalized spacial score (nSPS) is 28.0. The third kappa shape index (κ3) is 2.73. The van der Waals surface area contributed by atoms with Gasteiger partial charge in [0.05, 0.1) is 16.1 Å². The van der Waals surface area contributed by atoms with Gasteiger partial charge in [-0.25, -0.2) is 4.98 Å². The van der Waals surface area contributed by atoms with Gasteiger partial charge in [0.2, 0.25) is 5.91 Å². The maximum Gasteiger partial charge on any atom is 0.232 e. The summed E-state index contributed by atoms with van der Waals surface area (Å²) in [6.45, 7) is 10.2. The molecule has 116 valence electrons. The molecular weight excluding hydrogens is 282 g/mol. The van der Waals surface area contributed by atoms with Gasteiger partial charge in [-0.05, 0) is 39.7 Å². The Hall–Kier alpha value is -0.940. The van der Waals surface area contributed by atoms with E-state index in [1.807, 2.05) is 6.92 Å². The summed E-state index contributed by atoms with van der Waals surface area (Å²) in [4.78, 5) is 21.7. The minimum Gasteiger partial charge on any atom is -0.338 e. The number of nitrogens with zero attached hydrogens (tertiary/aromatic N) is 3. The quantitative estimate of drug-likeness (QED) is 0.803. The highest BCUT2D eigenvalue weighted by Crippen LogP contribution is 2.42. The largest absolute Gasteiger partial charge is 0.338 e. The second kappa shape index (κ2) is 5.69. The molecule has 2 atom stereocenters. The van der Waals surface area contributed by atoms with Crippen LogP contribution in [0.5, 0.6) is 0 Å². The van der Waals surface area contributed by atoms with Gasteiger partial charge in [-0.1, -0.05) is 6.92 Å². The summed E-state index contributed by atoms with van der Waals surface area (Å²) in [5.74, 6) is 0.385. The van der Waals surface area contributed by atoms with Crippen molar-refractivity contribution in [2.45, 2.75) is 52.6 Å². The topological polar surface area (TPSA) is 36.4 Å². The van der Waals surface area contributed by atoms with Crippen LogP contribution in [-0.2, 0) is 11.3 Å². The predicted molar refractivity (Wildman–Crippen MR) is 85.3 cm³/mol. The van der Waals surface area contributed by atoms with Crippen LogP contribution in [0.25, 0.3) is 0 Å². The molecule has 2 aliphatic rings. The summed E-state index contributed by atoms with van der Waals surface area (Å²) in [5.41, 5.74) is 1.06. The van der Waals surface area contributed by atoms with Gasteiger partial charge in [0, 0.05) is 31.1 Å². The first kappa shape index (κ1) is 15.0. The number of carbonyl (C=O) groups is 1. The molecule has 21 heavy (non-hydrogen) atoms. The Labute approximate surface area is 131 Å². The van der Waals surface area contributed by atoms with Crippen molar-refractivity contribution in [3.05, 3.63) is 16.1 Å².